The highest BCUT2D eigenvalue weighted by Crippen LogP contribution is 2.40. The molecule has 2 aromatic rings. The molecule has 2 fully saturated rings. The third-order valence-corrected chi connectivity index (χ3v) is 7.13. The van der Waals surface area contributed by atoms with Gasteiger partial charge >= 0.3 is 0 Å². The summed E-state index contributed by atoms with van der Waals surface area (Å²) in [5, 5.41) is 6.46. The van der Waals surface area contributed by atoms with Crippen LogP contribution in [0, 0.1) is 18.2 Å². The van der Waals surface area contributed by atoms with Gasteiger partial charge in [-0.1, -0.05) is 12.1 Å². The van der Waals surface area contributed by atoms with Crippen LogP contribution in [0.2, 0.25) is 0 Å². The van der Waals surface area contributed by atoms with E-state index in [1.165, 1.54) is 18.9 Å². The first-order valence-corrected chi connectivity index (χ1v) is 11.8. The highest BCUT2D eigenvalue weighted by Gasteiger charge is 2.36. The van der Waals surface area contributed by atoms with Crippen LogP contribution in [-0.4, -0.2) is 42.8 Å². The van der Waals surface area contributed by atoms with E-state index in [0.717, 1.165) is 56.0 Å². The third kappa shape index (κ3) is 4.55. The van der Waals surface area contributed by atoms with E-state index in [4.69, 9.17) is 0 Å². The average molecular weight is 448 g/mol. The summed E-state index contributed by atoms with van der Waals surface area (Å²) in [6, 6.07) is 8.73. The van der Waals surface area contributed by atoms with Gasteiger partial charge in [-0.2, -0.15) is 0 Å². The van der Waals surface area contributed by atoms with Crippen molar-refractivity contribution < 1.29 is 9.18 Å². The topological polar surface area (TPSA) is 69.6 Å². The molecule has 0 unspecified atom stereocenters. The number of rotatable bonds is 4. The molecule has 3 aliphatic rings. The van der Waals surface area contributed by atoms with Gasteiger partial charge < -0.3 is 15.5 Å². The molecule has 1 spiro atoms. The van der Waals surface area contributed by atoms with E-state index in [9.17, 15) is 9.18 Å². The van der Waals surface area contributed by atoms with Crippen molar-refractivity contribution in [2.75, 3.05) is 36.4 Å². The van der Waals surface area contributed by atoms with Crippen LogP contribution in [0.4, 0.5) is 15.8 Å². The number of carbonyl (C=O) groups excluding carboxylic acids is 1. The molecule has 6 nitrogen and oxygen atoms in total. The molecule has 5 rings (SSSR count). The van der Waals surface area contributed by atoms with E-state index in [1.807, 2.05) is 25.1 Å². The molecule has 0 saturated carbocycles. The Morgan fingerprint density at radius 3 is 2.82 bits per heavy atom. The Balaban J connectivity index is 1.30. The fourth-order valence-electron chi connectivity index (χ4n) is 5.25. The molecule has 33 heavy (non-hydrogen) atoms. The molecule has 4 heterocycles. The smallest absolute Gasteiger partial charge is 0.270 e. The second-order valence-electron chi connectivity index (χ2n) is 9.40. The Labute approximate surface area is 194 Å². The maximum atomic E-state index is 15.0. The number of nitrogens with one attached hydrogen (secondary N) is 2. The van der Waals surface area contributed by atoms with Crippen molar-refractivity contribution in [2.24, 2.45) is 10.4 Å². The number of carbonyl (C=O) groups is 1. The standard InChI is InChI=1S/C26H30FN5O/c1-18-16-19(8-13-29-18)21-6-7-23(30-21)25(33)31-22-5-2-4-20(27)24(22)32-14-10-26(11-15-32)9-3-12-28-17-26/h2,4-6,8,13,16,28H,3,7,9-12,14-15,17H2,1H3,(H,31,33). The first-order valence-electron chi connectivity index (χ1n) is 11.8. The zero-order chi connectivity index (χ0) is 22.8. The maximum Gasteiger partial charge on any atom is 0.270 e. The number of aliphatic imine (C=N–C) groups is 1. The number of amides is 1. The number of halogens is 1. The van der Waals surface area contributed by atoms with Gasteiger partial charge in [-0.15, -0.1) is 0 Å². The number of benzene rings is 1. The number of para-hydroxylation sites is 1. The van der Waals surface area contributed by atoms with Crippen molar-refractivity contribution in [3.05, 3.63) is 59.7 Å². The lowest BCUT2D eigenvalue weighted by Gasteiger charge is -2.45. The van der Waals surface area contributed by atoms with Gasteiger partial charge in [0, 0.05) is 43.5 Å². The molecule has 1 aromatic carbocycles. The first-order chi connectivity index (χ1) is 16.0. The summed E-state index contributed by atoms with van der Waals surface area (Å²) < 4.78 is 15.0. The first kappa shape index (κ1) is 21.8. The van der Waals surface area contributed by atoms with Crippen molar-refractivity contribution in [3.63, 3.8) is 0 Å². The summed E-state index contributed by atoms with van der Waals surface area (Å²) in [6.07, 6.45) is 8.65. The minimum atomic E-state index is -0.301. The van der Waals surface area contributed by atoms with E-state index in [0.29, 0.717) is 28.9 Å². The fourth-order valence-corrected chi connectivity index (χ4v) is 5.25. The van der Waals surface area contributed by atoms with Gasteiger partial charge in [0.25, 0.3) is 5.91 Å². The molecule has 7 heteroatoms. The quantitative estimate of drug-likeness (QED) is 0.732. The van der Waals surface area contributed by atoms with Crippen molar-refractivity contribution in [2.45, 2.75) is 39.0 Å². The van der Waals surface area contributed by atoms with Gasteiger partial charge in [0.2, 0.25) is 0 Å². The molecule has 2 saturated heterocycles. The van der Waals surface area contributed by atoms with Crippen molar-refractivity contribution >= 4 is 28.7 Å². The van der Waals surface area contributed by atoms with Crippen LogP contribution in [0.15, 0.2) is 47.6 Å². The van der Waals surface area contributed by atoms with E-state index in [-0.39, 0.29) is 11.7 Å². The van der Waals surface area contributed by atoms with Crippen molar-refractivity contribution in [1.29, 1.82) is 0 Å². The summed E-state index contributed by atoms with van der Waals surface area (Å²) in [5.41, 5.74) is 4.37. The van der Waals surface area contributed by atoms with Gasteiger partial charge in [-0.3, -0.25) is 9.78 Å². The summed E-state index contributed by atoms with van der Waals surface area (Å²) in [5.74, 6) is -0.589. The Hall–Kier alpha value is -3.06. The molecule has 1 aromatic heterocycles. The number of pyridine rings is 1. The lowest BCUT2D eigenvalue weighted by Crippen LogP contribution is -2.48. The van der Waals surface area contributed by atoms with Crippen LogP contribution in [0.1, 0.15) is 43.4 Å². The molecular formula is C26H30FN5O. The van der Waals surface area contributed by atoms with Crippen molar-refractivity contribution in [3.8, 4) is 0 Å². The number of aromatic nitrogens is 1. The number of nitrogens with zero attached hydrogens (tertiary/aromatic N) is 3. The van der Waals surface area contributed by atoms with Gasteiger partial charge in [-0.05, 0) is 68.8 Å². The van der Waals surface area contributed by atoms with Crippen LogP contribution >= 0.6 is 0 Å². The number of aryl methyl sites for hydroxylation is 1. The number of hydrogen-bond donors (Lipinski definition) is 2. The summed E-state index contributed by atoms with van der Waals surface area (Å²) in [7, 11) is 0. The SMILES string of the molecule is Cc1cc(C2=CCC(C(=O)Nc3cccc(F)c3N3CCC4(CCCNC4)CC3)=N2)ccn1. The molecule has 3 aliphatic heterocycles. The average Bonchev–Trinajstić information content (AvgIpc) is 3.32. The van der Waals surface area contributed by atoms with Crippen molar-refractivity contribution in [1.82, 2.24) is 10.3 Å². The second-order valence-corrected chi connectivity index (χ2v) is 9.40. The molecule has 172 valence electrons. The lowest BCUT2D eigenvalue weighted by molar-refractivity contribution is -0.110. The third-order valence-electron chi connectivity index (χ3n) is 7.13. The van der Waals surface area contributed by atoms with Gasteiger partial charge in [0.1, 0.15) is 11.5 Å². The van der Waals surface area contributed by atoms with E-state index >= 15 is 0 Å². The molecule has 2 N–H and O–H groups in total. The Kier molecular flexibility index (Phi) is 5.98. The predicted octanol–water partition coefficient (Wildman–Crippen LogP) is 4.32. The number of piperidine rings is 2. The highest BCUT2D eigenvalue weighted by atomic mass is 19.1. The van der Waals surface area contributed by atoms with Crippen LogP contribution < -0.4 is 15.5 Å². The van der Waals surface area contributed by atoms with Gasteiger partial charge in [-0.25, -0.2) is 9.38 Å². The van der Waals surface area contributed by atoms with Gasteiger partial charge in [0.15, 0.2) is 0 Å². The molecule has 0 radical (unpaired) electrons. The maximum absolute atomic E-state index is 15.0. The zero-order valence-electron chi connectivity index (χ0n) is 19.0. The van der Waals surface area contributed by atoms with Crippen LogP contribution in [-0.2, 0) is 4.79 Å². The molecular weight excluding hydrogens is 417 g/mol. The van der Waals surface area contributed by atoms with Crippen LogP contribution in [0.25, 0.3) is 5.70 Å². The number of allylic oxidation sites excluding steroid dienone is 1. The minimum Gasteiger partial charge on any atom is -0.367 e. The summed E-state index contributed by atoms with van der Waals surface area (Å²) in [6.45, 7) is 5.65. The van der Waals surface area contributed by atoms with Crippen LogP contribution in [0.3, 0.4) is 0 Å². The monoisotopic (exact) mass is 447 g/mol. The highest BCUT2D eigenvalue weighted by molar-refractivity contribution is 6.45. The zero-order valence-corrected chi connectivity index (χ0v) is 19.0. The molecule has 0 aliphatic carbocycles. The second kappa shape index (κ2) is 9.06. The predicted molar refractivity (Wildman–Crippen MR) is 130 cm³/mol. The minimum absolute atomic E-state index is 0.288. The number of hydrogen-bond acceptors (Lipinski definition) is 5. The summed E-state index contributed by atoms with van der Waals surface area (Å²) in [4.78, 5) is 23.9. The molecule has 0 atom stereocenters. The van der Waals surface area contributed by atoms with E-state index < -0.39 is 0 Å². The van der Waals surface area contributed by atoms with Gasteiger partial charge in [0.05, 0.1) is 17.1 Å². The van der Waals surface area contributed by atoms with E-state index in [2.05, 4.69) is 25.5 Å². The largest absolute Gasteiger partial charge is 0.367 e. The number of anilines is 2. The molecule has 0 bridgehead atoms. The van der Waals surface area contributed by atoms with Crippen LogP contribution in [0.5, 0.6) is 0 Å². The fraction of sp³-hybridized carbons (Fsp3) is 0.423. The van der Waals surface area contributed by atoms with E-state index in [1.54, 1.807) is 18.3 Å². The lowest BCUT2D eigenvalue weighted by atomic mass is 9.73. The Morgan fingerprint density at radius 2 is 2.06 bits per heavy atom. The Morgan fingerprint density at radius 1 is 1.21 bits per heavy atom. The summed E-state index contributed by atoms with van der Waals surface area (Å²) >= 11 is 0. The normalized spacial score (nSPS) is 19.9. The Bertz CT molecular complexity index is 1110. The molecule has 1 amide bonds.